The number of amides is 2. The summed E-state index contributed by atoms with van der Waals surface area (Å²) in [6.07, 6.45) is 3.72. The molecule has 1 heterocycles. The molecule has 3 rings (SSSR count). The van der Waals surface area contributed by atoms with Crippen LogP contribution >= 0.6 is 0 Å². The summed E-state index contributed by atoms with van der Waals surface area (Å²) in [4.78, 5) is 23.6. The Morgan fingerprint density at radius 1 is 1.29 bits per heavy atom. The van der Waals surface area contributed by atoms with E-state index >= 15 is 0 Å². The summed E-state index contributed by atoms with van der Waals surface area (Å²) >= 11 is 0. The van der Waals surface area contributed by atoms with Gasteiger partial charge in [0.15, 0.2) is 5.69 Å². The van der Waals surface area contributed by atoms with Gasteiger partial charge in [-0.1, -0.05) is 0 Å². The predicted molar refractivity (Wildman–Crippen MR) is 86.0 cm³/mol. The number of hydrogen-bond donors (Lipinski definition) is 2. The zero-order valence-electron chi connectivity index (χ0n) is 13.3. The van der Waals surface area contributed by atoms with E-state index in [1.54, 1.807) is 29.9 Å². The summed E-state index contributed by atoms with van der Waals surface area (Å²) in [5.74, 6) is -1.09. The van der Waals surface area contributed by atoms with E-state index in [0.29, 0.717) is 24.2 Å². The Morgan fingerprint density at radius 3 is 2.62 bits per heavy atom. The fourth-order valence-corrected chi connectivity index (χ4v) is 3.04. The van der Waals surface area contributed by atoms with Crippen molar-refractivity contribution in [3.8, 4) is 5.69 Å². The zero-order chi connectivity index (χ0) is 17.3. The van der Waals surface area contributed by atoms with Crippen molar-refractivity contribution >= 4 is 11.8 Å². The first-order valence-electron chi connectivity index (χ1n) is 7.86. The number of nitrogens with one attached hydrogen (secondary N) is 1. The van der Waals surface area contributed by atoms with Gasteiger partial charge in [0.25, 0.3) is 5.91 Å². The molecule has 1 aliphatic carbocycles. The van der Waals surface area contributed by atoms with Gasteiger partial charge in [0, 0.05) is 23.7 Å². The molecule has 1 aliphatic rings. The second-order valence-corrected chi connectivity index (χ2v) is 6.16. The van der Waals surface area contributed by atoms with Crippen LogP contribution in [0.5, 0.6) is 0 Å². The summed E-state index contributed by atoms with van der Waals surface area (Å²) in [5.41, 5.74) is 7.03. The Hall–Kier alpha value is -2.70. The predicted octanol–water partition coefficient (Wildman–Crippen LogP) is 1.70. The van der Waals surface area contributed by atoms with Gasteiger partial charge in [-0.15, -0.1) is 0 Å². The Bertz CT molecular complexity index is 769. The topological polar surface area (TPSA) is 90.0 Å². The Balaban J connectivity index is 1.72. The molecular weight excluding hydrogens is 311 g/mol. The Kier molecular flexibility index (Phi) is 4.33. The van der Waals surface area contributed by atoms with E-state index in [0.717, 1.165) is 12.0 Å². The molecule has 6 nitrogen and oxygen atoms in total. The molecule has 2 aromatic rings. The van der Waals surface area contributed by atoms with E-state index in [-0.39, 0.29) is 29.6 Å². The first kappa shape index (κ1) is 16.2. The molecule has 1 aromatic heterocycles. The number of aromatic nitrogens is 2. The second-order valence-electron chi connectivity index (χ2n) is 6.16. The third kappa shape index (κ3) is 3.29. The number of halogens is 1. The molecule has 3 N–H and O–H groups in total. The van der Waals surface area contributed by atoms with Crippen molar-refractivity contribution in [2.24, 2.45) is 11.7 Å². The fourth-order valence-electron chi connectivity index (χ4n) is 3.04. The van der Waals surface area contributed by atoms with Crippen molar-refractivity contribution in [3.63, 3.8) is 0 Å². The lowest BCUT2D eigenvalue weighted by atomic mass is 10.1. The summed E-state index contributed by atoms with van der Waals surface area (Å²) in [6.45, 7) is 1.79. The molecule has 0 radical (unpaired) electrons. The number of nitrogens with two attached hydrogens (primary N) is 1. The maximum Gasteiger partial charge on any atom is 0.272 e. The van der Waals surface area contributed by atoms with E-state index in [1.807, 2.05) is 0 Å². The van der Waals surface area contributed by atoms with Gasteiger partial charge >= 0.3 is 0 Å². The van der Waals surface area contributed by atoms with Crippen molar-refractivity contribution in [1.82, 2.24) is 15.1 Å². The fraction of sp³-hybridized carbons (Fsp3) is 0.353. The number of benzene rings is 1. The molecule has 1 saturated carbocycles. The van der Waals surface area contributed by atoms with Crippen molar-refractivity contribution in [2.75, 3.05) is 0 Å². The highest BCUT2D eigenvalue weighted by molar-refractivity contribution is 5.94. The van der Waals surface area contributed by atoms with E-state index in [1.165, 1.54) is 12.1 Å². The number of primary amides is 1. The lowest BCUT2D eigenvalue weighted by Crippen LogP contribution is -2.34. The molecule has 0 saturated heterocycles. The minimum absolute atomic E-state index is 0.0645. The summed E-state index contributed by atoms with van der Waals surface area (Å²) in [5, 5.41) is 7.21. The van der Waals surface area contributed by atoms with Gasteiger partial charge in [-0.25, -0.2) is 9.07 Å². The van der Waals surface area contributed by atoms with Crippen LogP contribution in [-0.4, -0.2) is 27.6 Å². The smallest absolute Gasteiger partial charge is 0.272 e. The first-order chi connectivity index (χ1) is 11.4. The van der Waals surface area contributed by atoms with Gasteiger partial charge < -0.3 is 11.1 Å². The zero-order valence-corrected chi connectivity index (χ0v) is 13.3. The molecule has 7 heteroatoms. The highest BCUT2D eigenvalue weighted by atomic mass is 19.1. The highest BCUT2D eigenvalue weighted by Gasteiger charge is 2.30. The van der Waals surface area contributed by atoms with Crippen LogP contribution in [0.15, 0.2) is 30.5 Å². The molecule has 1 fully saturated rings. The van der Waals surface area contributed by atoms with Crippen LogP contribution < -0.4 is 11.1 Å². The molecule has 126 valence electrons. The number of hydrogen-bond acceptors (Lipinski definition) is 3. The van der Waals surface area contributed by atoms with E-state index in [9.17, 15) is 14.0 Å². The number of carbonyl (C=O) groups is 2. The first-order valence-corrected chi connectivity index (χ1v) is 7.86. The quantitative estimate of drug-likeness (QED) is 0.894. The van der Waals surface area contributed by atoms with Crippen molar-refractivity contribution in [2.45, 2.75) is 32.2 Å². The van der Waals surface area contributed by atoms with Crippen LogP contribution in [0.3, 0.4) is 0 Å². The van der Waals surface area contributed by atoms with E-state index in [2.05, 4.69) is 10.4 Å². The Morgan fingerprint density at radius 2 is 2.00 bits per heavy atom. The monoisotopic (exact) mass is 330 g/mol. The SMILES string of the molecule is Cc1cn(-c2ccc(F)cc2)nc1C(=O)N[C@@H]1CC[C@H](C(N)=O)C1. The van der Waals surface area contributed by atoms with E-state index in [4.69, 9.17) is 5.73 Å². The Labute approximate surface area is 138 Å². The molecule has 2 atom stereocenters. The summed E-state index contributed by atoms with van der Waals surface area (Å²) in [7, 11) is 0. The minimum atomic E-state index is -0.328. The van der Waals surface area contributed by atoms with Gasteiger partial charge in [0.05, 0.1) is 5.69 Å². The number of rotatable bonds is 4. The van der Waals surface area contributed by atoms with Gasteiger partial charge in [0.1, 0.15) is 5.82 Å². The number of nitrogens with zero attached hydrogens (tertiary/aromatic N) is 2. The van der Waals surface area contributed by atoms with Crippen LogP contribution in [0.2, 0.25) is 0 Å². The average molecular weight is 330 g/mol. The van der Waals surface area contributed by atoms with Crippen LogP contribution in [0.1, 0.15) is 35.3 Å². The maximum absolute atomic E-state index is 13.0. The van der Waals surface area contributed by atoms with Crippen molar-refractivity contribution in [3.05, 3.63) is 47.5 Å². The lowest BCUT2D eigenvalue weighted by Gasteiger charge is -2.11. The molecule has 0 bridgehead atoms. The van der Waals surface area contributed by atoms with Crippen LogP contribution in [-0.2, 0) is 4.79 Å². The summed E-state index contributed by atoms with van der Waals surface area (Å²) < 4.78 is 14.6. The third-order valence-electron chi connectivity index (χ3n) is 4.37. The van der Waals surface area contributed by atoms with Crippen molar-refractivity contribution in [1.29, 1.82) is 0 Å². The molecule has 1 aromatic carbocycles. The molecule has 0 aliphatic heterocycles. The largest absolute Gasteiger partial charge is 0.369 e. The van der Waals surface area contributed by atoms with Crippen LogP contribution in [0.25, 0.3) is 5.69 Å². The van der Waals surface area contributed by atoms with Crippen molar-refractivity contribution < 1.29 is 14.0 Å². The normalized spacial score (nSPS) is 20.1. The molecular formula is C17H19FN4O2. The minimum Gasteiger partial charge on any atom is -0.369 e. The molecule has 0 spiro atoms. The van der Waals surface area contributed by atoms with Gasteiger partial charge in [0.2, 0.25) is 5.91 Å². The second kappa shape index (κ2) is 6.43. The molecule has 24 heavy (non-hydrogen) atoms. The summed E-state index contributed by atoms with van der Waals surface area (Å²) in [6, 6.07) is 5.81. The third-order valence-corrected chi connectivity index (χ3v) is 4.37. The van der Waals surface area contributed by atoms with Crippen LogP contribution in [0.4, 0.5) is 4.39 Å². The standard InChI is InChI=1S/C17H19FN4O2/c1-10-9-22(14-6-3-12(18)4-7-14)21-15(10)17(24)20-13-5-2-11(8-13)16(19)23/h3-4,6-7,9,11,13H,2,5,8H2,1H3,(H2,19,23)(H,20,24)/t11-,13+/m0/s1. The number of carbonyl (C=O) groups excluding carboxylic acids is 2. The van der Waals surface area contributed by atoms with Gasteiger partial charge in [-0.05, 0) is 50.5 Å². The van der Waals surface area contributed by atoms with Gasteiger partial charge in [-0.2, -0.15) is 5.10 Å². The van der Waals surface area contributed by atoms with Crippen LogP contribution in [0, 0.1) is 18.7 Å². The number of aryl methyl sites for hydroxylation is 1. The maximum atomic E-state index is 13.0. The van der Waals surface area contributed by atoms with Gasteiger partial charge in [-0.3, -0.25) is 9.59 Å². The molecule has 2 amide bonds. The molecule has 0 unspecified atom stereocenters. The average Bonchev–Trinajstić information content (AvgIpc) is 3.15. The van der Waals surface area contributed by atoms with E-state index < -0.39 is 0 Å². The highest BCUT2D eigenvalue weighted by Crippen LogP contribution is 2.25. The lowest BCUT2D eigenvalue weighted by molar-refractivity contribution is -0.121.